The number of nitrogens with two attached hydrogens (primary N) is 1. The lowest BCUT2D eigenvalue weighted by Crippen LogP contribution is -2.39. The molecule has 3 atom stereocenters. The van der Waals surface area contributed by atoms with Crippen LogP contribution >= 0.6 is 0 Å². The lowest BCUT2D eigenvalue weighted by atomic mass is 10.0. The Morgan fingerprint density at radius 2 is 1.44 bits per heavy atom. The van der Waals surface area contributed by atoms with Crippen LogP contribution in [0, 0.1) is 0 Å². The number of benzene rings is 4. The molecular formula is C34H37N3O6. The van der Waals surface area contributed by atoms with Crippen LogP contribution < -0.4 is 21.1 Å². The third kappa shape index (κ3) is 9.68. The molecule has 4 rings (SSSR count). The van der Waals surface area contributed by atoms with E-state index in [9.17, 15) is 24.9 Å². The van der Waals surface area contributed by atoms with Crippen molar-refractivity contribution in [3.63, 3.8) is 0 Å². The fourth-order valence-corrected chi connectivity index (χ4v) is 4.58. The van der Waals surface area contributed by atoms with Gasteiger partial charge in [0.2, 0.25) is 5.91 Å². The number of carboxylic acids is 1. The van der Waals surface area contributed by atoms with Crippen LogP contribution in [0.15, 0.2) is 103 Å². The van der Waals surface area contributed by atoms with Crippen LogP contribution in [0.2, 0.25) is 0 Å². The molecule has 224 valence electrons. The molecule has 0 saturated carbocycles. The first-order chi connectivity index (χ1) is 20.8. The van der Waals surface area contributed by atoms with Gasteiger partial charge in [-0.1, -0.05) is 78.9 Å². The summed E-state index contributed by atoms with van der Waals surface area (Å²) >= 11 is 0. The number of aliphatic carboxylic acids is 1. The maximum Gasteiger partial charge on any atom is 0.320 e. The number of aromatic hydroxyl groups is 1. The predicted octanol–water partition coefficient (Wildman–Crippen LogP) is 4.19. The van der Waals surface area contributed by atoms with E-state index in [1.165, 1.54) is 0 Å². The zero-order valence-corrected chi connectivity index (χ0v) is 23.7. The van der Waals surface area contributed by atoms with Gasteiger partial charge in [0.15, 0.2) is 0 Å². The third-order valence-electron chi connectivity index (χ3n) is 7.02. The molecule has 0 fully saturated rings. The van der Waals surface area contributed by atoms with Crippen LogP contribution in [0.3, 0.4) is 0 Å². The van der Waals surface area contributed by atoms with Crippen LogP contribution in [0.5, 0.6) is 11.5 Å². The molecule has 0 aliphatic heterocycles. The number of aliphatic hydroxyl groups excluding tert-OH is 1. The van der Waals surface area contributed by atoms with Crippen molar-refractivity contribution in [3.8, 4) is 11.5 Å². The molecule has 0 saturated heterocycles. The van der Waals surface area contributed by atoms with Gasteiger partial charge in [-0.2, -0.15) is 0 Å². The highest BCUT2D eigenvalue weighted by atomic mass is 16.5. The molecule has 0 radical (unpaired) electrons. The van der Waals surface area contributed by atoms with Crippen molar-refractivity contribution in [1.82, 2.24) is 5.32 Å². The lowest BCUT2D eigenvalue weighted by Gasteiger charge is -2.21. The van der Waals surface area contributed by atoms with Crippen molar-refractivity contribution in [2.24, 2.45) is 5.73 Å². The number of phenolic OH excluding ortho intramolecular Hbond substituents is 1. The van der Waals surface area contributed by atoms with E-state index in [1.807, 2.05) is 60.7 Å². The quantitative estimate of drug-likeness (QED) is 0.114. The van der Waals surface area contributed by atoms with Gasteiger partial charge in [-0.05, 0) is 65.8 Å². The molecular weight excluding hydrogens is 546 g/mol. The van der Waals surface area contributed by atoms with E-state index in [1.54, 1.807) is 42.5 Å². The zero-order valence-electron chi connectivity index (χ0n) is 23.7. The van der Waals surface area contributed by atoms with E-state index in [-0.39, 0.29) is 18.8 Å². The Labute approximate surface area is 251 Å². The first-order valence-corrected chi connectivity index (χ1v) is 14.1. The number of ether oxygens (including phenoxy) is 1. The van der Waals surface area contributed by atoms with Gasteiger partial charge >= 0.3 is 5.97 Å². The molecule has 4 aromatic rings. The number of phenols is 1. The normalized spacial score (nSPS) is 13.1. The second kappa shape index (κ2) is 15.5. The molecule has 7 N–H and O–H groups in total. The Bertz CT molecular complexity index is 1460. The van der Waals surface area contributed by atoms with E-state index in [2.05, 4.69) is 10.6 Å². The molecule has 43 heavy (non-hydrogen) atoms. The van der Waals surface area contributed by atoms with Crippen LogP contribution in [0.25, 0.3) is 0 Å². The molecule has 9 nitrogen and oxygen atoms in total. The molecule has 0 spiro atoms. The first kappa shape index (κ1) is 31.2. The Morgan fingerprint density at radius 1 is 0.814 bits per heavy atom. The molecule has 1 unspecified atom stereocenters. The van der Waals surface area contributed by atoms with E-state index in [0.29, 0.717) is 36.3 Å². The number of aliphatic hydroxyl groups is 1. The minimum atomic E-state index is -1.30. The Balaban J connectivity index is 1.47. The molecule has 9 heteroatoms. The van der Waals surface area contributed by atoms with Crippen molar-refractivity contribution < 1.29 is 29.6 Å². The van der Waals surface area contributed by atoms with E-state index >= 15 is 0 Å². The summed E-state index contributed by atoms with van der Waals surface area (Å²) in [6, 6.07) is 28.7. The molecule has 0 bridgehead atoms. The number of hydrogen-bond donors (Lipinski definition) is 6. The van der Waals surface area contributed by atoms with Gasteiger partial charge < -0.3 is 31.1 Å². The van der Waals surface area contributed by atoms with Gasteiger partial charge in [0.05, 0.1) is 18.3 Å². The highest BCUT2D eigenvalue weighted by Gasteiger charge is 2.23. The number of carboxylic acid groups (broad SMARTS) is 1. The summed E-state index contributed by atoms with van der Waals surface area (Å²) in [6.07, 6.45) is 0.370. The molecule has 0 aliphatic rings. The monoisotopic (exact) mass is 583 g/mol. The summed E-state index contributed by atoms with van der Waals surface area (Å²) in [5, 5.41) is 35.9. The smallest absolute Gasteiger partial charge is 0.320 e. The Morgan fingerprint density at radius 3 is 2.09 bits per heavy atom. The Kier molecular flexibility index (Phi) is 11.3. The summed E-state index contributed by atoms with van der Waals surface area (Å²) in [5.74, 6) is -1.00. The van der Waals surface area contributed by atoms with Crippen molar-refractivity contribution in [1.29, 1.82) is 0 Å². The lowest BCUT2D eigenvalue weighted by molar-refractivity contribution is -0.140. The van der Waals surface area contributed by atoms with E-state index < -0.39 is 30.2 Å². The Hall–Kier alpha value is -4.70. The number of aryl methyl sites for hydroxylation is 1. The largest absolute Gasteiger partial charge is 0.508 e. The van der Waals surface area contributed by atoms with Crippen molar-refractivity contribution in [3.05, 3.63) is 125 Å². The summed E-state index contributed by atoms with van der Waals surface area (Å²) in [6.45, 7) is 0.242. The minimum Gasteiger partial charge on any atom is -0.508 e. The number of carbonyl (C=O) groups excluding carboxylic acids is 1. The molecule has 4 aromatic carbocycles. The van der Waals surface area contributed by atoms with Gasteiger partial charge in [0.25, 0.3) is 0 Å². The average Bonchev–Trinajstić information content (AvgIpc) is 3.01. The fourth-order valence-electron chi connectivity index (χ4n) is 4.58. The molecule has 0 aliphatic carbocycles. The number of rotatable bonds is 15. The summed E-state index contributed by atoms with van der Waals surface area (Å²) < 4.78 is 6.05. The number of nitrogens with one attached hydrogen (secondary N) is 2. The van der Waals surface area contributed by atoms with Gasteiger partial charge in [-0.15, -0.1) is 0 Å². The third-order valence-corrected chi connectivity index (χ3v) is 7.02. The topological polar surface area (TPSA) is 154 Å². The SMILES string of the molecule is N[C@@H](Cc1ccccc1)C(=O)Nc1ccc(C(O)N[C@@H](CCc2ccccc2)C(=O)O)cc1OCCc1ccc(O)cc1. The average molecular weight is 584 g/mol. The second-order valence-corrected chi connectivity index (χ2v) is 10.3. The van der Waals surface area contributed by atoms with E-state index in [4.69, 9.17) is 10.5 Å². The van der Waals surface area contributed by atoms with Crippen LogP contribution in [0.1, 0.15) is 34.9 Å². The highest BCUT2D eigenvalue weighted by Crippen LogP contribution is 2.29. The van der Waals surface area contributed by atoms with Gasteiger partial charge in [0.1, 0.15) is 23.8 Å². The predicted molar refractivity (Wildman–Crippen MR) is 165 cm³/mol. The van der Waals surface area contributed by atoms with Gasteiger partial charge in [-0.3, -0.25) is 14.9 Å². The molecule has 0 heterocycles. The second-order valence-electron chi connectivity index (χ2n) is 10.3. The highest BCUT2D eigenvalue weighted by molar-refractivity contribution is 5.96. The number of amides is 1. The maximum absolute atomic E-state index is 13.0. The zero-order chi connectivity index (χ0) is 30.6. The number of carbonyl (C=O) groups is 2. The maximum atomic E-state index is 13.0. The first-order valence-electron chi connectivity index (χ1n) is 14.1. The number of anilines is 1. The molecule has 0 aromatic heterocycles. The summed E-state index contributed by atoms with van der Waals surface area (Å²) in [5.41, 5.74) is 9.80. The van der Waals surface area contributed by atoms with Crippen LogP contribution in [-0.4, -0.2) is 45.9 Å². The minimum absolute atomic E-state index is 0.166. The van der Waals surface area contributed by atoms with Crippen LogP contribution in [-0.2, 0) is 28.9 Å². The fraction of sp³-hybridized carbons (Fsp3) is 0.235. The summed E-state index contributed by atoms with van der Waals surface area (Å²) in [7, 11) is 0. The van der Waals surface area contributed by atoms with E-state index in [0.717, 1.165) is 16.7 Å². The van der Waals surface area contributed by atoms with Crippen LogP contribution in [0.4, 0.5) is 5.69 Å². The molecule has 1 amide bonds. The van der Waals surface area contributed by atoms with Gasteiger partial charge in [0, 0.05) is 6.42 Å². The van der Waals surface area contributed by atoms with Gasteiger partial charge in [-0.25, -0.2) is 0 Å². The number of hydrogen-bond acceptors (Lipinski definition) is 7. The standard InChI is InChI=1S/C34H37N3O6/c35-28(21-25-9-5-2-6-10-25)33(40)36-29-18-14-26(22-31(29)43-20-19-24-11-15-27(38)16-12-24)32(39)37-30(34(41)42)17-13-23-7-3-1-4-8-23/h1-12,14-16,18,22,28,30,32,37-39H,13,17,19-21,35H2,(H,36,40)(H,41,42)/t28-,30-,32?/m0/s1. The van der Waals surface area contributed by atoms with Crippen molar-refractivity contribution in [2.75, 3.05) is 11.9 Å². The van der Waals surface area contributed by atoms with Crippen molar-refractivity contribution in [2.45, 2.75) is 44.0 Å². The summed E-state index contributed by atoms with van der Waals surface area (Å²) in [4.78, 5) is 24.9. The van der Waals surface area contributed by atoms with Crippen molar-refractivity contribution >= 4 is 17.6 Å².